The van der Waals surface area contributed by atoms with E-state index in [1.54, 1.807) is 49.8 Å². The van der Waals surface area contributed by atoms with Crippen LogP contribution in [0.25, 0.3) is 0 Å². The van der Waals surface area contributed by atoms with Gasteiger partial charge in [-0.05, 0) is 54.8 Å². The van der Waals surface area contributed by atoms with Gasteiger partial charge in [0.1, 0.15) is 17.6 Å². The van der Waals surface area contributed by atoms with Gasteiger partial charge in [0.15, 0.2) is 5.76 Å². The minimum atomic E-state index is -0.853. The first kappa shape index (κ1) is 20.8. The molecular formula is C24H26N2O5. The normalized spacial score (nSPS) is 14.9. The van der Waals surface area contributed by atoms with Gasteiger partial charge in [0, 0.05) is 6.04 Å². The second-order valence-corrected chi connectivity index (χ2v) is 7.66. The van der Waals surface area contributed by atoms with Gasteiger partial charge in [-0.25, -0.2) is 0 Å². The number of rotatable bonds is 8. The summed E-state index contributed by atoms with van der Waals surface area (Å²) in [6.45, 7) is 0.126. The number of carbonyl (C=O) groups excluding carboxylic acids is 2. The third kappa shape index (κ3) is 4.82. The zero-order valence-corrected chi connectivity index (χ0v) is 17.5. The lowest BCUT2D eigenvalue weighted by atomic mass is 10.0. The number of nitrogens with zero attached hydrogens (tertiary/aromatic N) is 1. The number of ether oxygens (including phenoxy) is 1. The Morgan fingerprint density at radius 2 is 1.77 bits per heavy atom. The summed E-state index contributed by atoms with van der Waals surface area (Å²) in [5.41, 5.74) is 0.683. The molecule has 162 valence electrons. The number of carbonyl (C=O) groups is 2. The van der Waals surface area contributed by atoms with Crippen LogP contribution in [-0.4, -0.2) is 29.9 Å². The summed E-state index contributed by atoms with van der Waals surface area (Å²) in [5.74, 6) is 0.812. The number of furan rings is 2. The van der Waals surface area contributed by atoms with E-state index >= 15 is 0 Å². The molecule has 1 N–H and O–H groups in total. The van der Waals surface area contributed by atoms with Crippen molar-refractivity contribution in [3.05, 3.63) is 78.1 Å². The van der Waals surface area contributed by atoms with Gasteiger partial charge in [-0.1, -0.05) is 25.0 Å². The Hall–Kier alpha value is -3.48. The van der Waals surface area contributed by atoms with Gasteiger partial charge in [-0.3, -0.25) is 9.59 Å². The third-order valence-electron chi connectivity index (χ3n) is 5.59. The first-order valence-electron chi connectivity index (χ1n) is 10.5. The second-order valence-electron chi connectivity index (χ2n) is 7.66. The summed E-state index contributed by atoms with van der Waals surface area (Å²) < 4.78 is 16.1. The SMILES string of the molecule is COc1ccc([C@@H](C(=O)NC2CCCC2)N(Cc2ccco2)C(=O)c2ccco2)cc1. The van der Waals surface area contributed by atoms with Crippen molar-refractivity contribution in [1.82, 2.24) is 10.2 Å². The summed E-state index contributed by atoms with van der Waals surface area (Å²) in [4.78, 5) is 28.4. The Morgan fingerprint density at radius 3 is 2.39 bits per heavy atom. The molecule has 4 rings (SSSR count). The number of methoxy groups -OCH3 is 1. The number of amides is 2. The van der Waals surface area contributed by atoms with Crippen molar-refractivity contribution in [1.29, 1.82) is 0 Å². The van der Waals surface area contributed by atoms with E-state index in [0.29, 0.717) is 17.1 Å². The van der Waals surface area contributed by atoms with E-state index in [2.05, 4.69) is 5.32 Å². The Morgan fingerprint density at radius 1 is 1.06 bits per heavy atom. The fraction of sp³-hybridized carbons (Fsp3) is 0.333. The molecule has 2 aromatic heterocycles. The maximum atomic E-state index is 13.5. The number of nitrogens with one attached hydrogen (secondary N) is 1. The van der Waals surface area contributed by atoms with Crippen molar-refractivity contribution in [3.63, 3.8) is 0 Å². The van der Waals surface area contributed by atoms with E-state index in [1.807, 2.05) is 12.1 Å². The van der Waals surface area contributed by atoms with Crippen LogP contribution in [0.2, 0.25) is 0 Å². The molecule has 2 amide bonds. The number of benzene rings is 1. The summed E-state index contributed by atoms with van der Waals surface area (Å²) in [6.07, 6.45) is 7.08. The van der Waals surface area contributed by atoms with Crippen molar-refractivity contribution < 1.29 is 23.2 Å². The van der Waals surface area contributed by atoms with Gasteiger partial charge in [0.05, 0.1) is 26.2 Å². The van der Waals surface area contributed by atoms with Crippen LogP contribution in [-0.2, 0) is 11.3 Å². The Labute approximate surface area is 181 Å². The van der Waals surface area contributed by atoms with Crippen LogP contribution >= 0.6 is 0 Å². The highest BCUT2D eigenvalue weighted by molar-refractivity contribution is 5.96. The standard InChI is InChI=1S/C24H26N2O5/c1-29-19-12-10-17(11-13-19)22(23(27)25-18-6-2-3-7-18)26(16-20-8-4-14-30-20)24(28)21-9-5-15-31-21/h4-5,8-15,18,22H,2-3,6-7,16H2,1H3,(H,25,27)/t22-/m0/s1. The quantitative estimate of drug-likeness (QED) is 0.584. The predicted molar refractivity (Wildman–Crippen MR) is 113 cm³/mol. The van der Waals surface area contributed by atoms with Gasteiger partial charge in [-0.2, -0.15) is 0 Å². The third-order valence-corrected chi connectivity index (χ3v) is 5.59. The molecule has 0 aliphatic heterocycles. The zero-order chi connectivity index (χ0) is 21.6. The Balaban J connectivity index is 1.71. The molecule has 1 saturated carbocycles. The molecule has 1 aliphatic carbocycles. The summed E-state index contributed by atoms with van der Waals surface area (Å²) in [7, 11) is 1.59. The lowest BCUT2D eigenvalue weighted by Gasteiger charge is -2.31. The summed E-state index contributed by atoms with van der Waals surface area (Å²) >= 11 is 0. The lowest BCUT2D eigenvalue weighted by molar-refractivity contribution is -0.126. The Bertz CT molecular complexity index is 974. The maximum absolute atomic E-state index is 13.5. The van der Waals surface area contributed by atoms with Gasteiger partial charge in [-0.15, -0.1) is 0 Å². The van der Waals surface area contributed by atoms with Crippen LogP contribution in [0.5, 0.6) is 5.75 Å². The van der Waals surface area contributed by atoms with E-state index in [0.717, 1.165) is 25.7 Å². The molecule has 2 heterocycles. The largest absolute Gasteiger partial charge is 0.497 e. The molecule has 7 nitrogen and oxygen atoms in total. The van der Waals surface area contributed by atoms with Crippen molar-refractivity contribution in [2.45, 2.75) is 44.3 Å². The van der Waals surface area contributed by atoms with Crippen LogP contribution in [0, 0.1) is 0 Å². The first-order chi connectivity index (χ1) is 15.2. The minimum absolute atomic E-state index is 0.123. The highest BCUT2D eigenvalue weighted by atomic mass is 16.5. The van der Waals surface area contributed by atoms with E-state index in [4.69, 9.17) is 13.6 Å². The first-order valence-corrected chi connectivity index (χ1v) is 10.5. The zero-order valence-electron chi connectivity index (χ0n) is 17.5. The highest BCUT2D eigenvalue weighted by Crippen LogP contribution is 2.29. The summed E-state index contributed by atoms with van der Waals surface area (Å²) in [5, 5.41) is 3.14. The topological polar surface area (TPSA) is 84.9 Å². The van der Waals surface area contributed by atoms with Crippen molar-refractivity contribution in [2.24, 2.45) is 0 Å². The molecule has 3 aromatic rings. The van der Waals surface area contributed by atoms with E-state index in [1.165, 1.54) is 11.2 Å². The van der Waals surface area contributed by atoms with Crippen LogP contribution < -0.4 is 10.1 Å². The predicted octanol–water partition coefficient (Wildman–Crippen LogP) is 4.32. The molecule has 7 heteroatoms. The molecule has 1 fully saturated rings. The van der Waals surface area contributed by atoms with E-state index in [9.17, 15) is 9.59 Å². The second kappa shape index (κ2) is 9.55. The molecular weight excluding hydrogens is 396 g/mol. The van der Waals surface area contributed by atoms with E-state index in [-0.39, 0.29) is 30.2 Å². The molecule has 1 atom stereocenters. The van der Waals surface area contributed by atoms with Gasteiger partial charge < -0.3 is 23.8 Å². The molecule has 1 aromatic carbocycles. The van der Waals surface area contributed by atoms with Crippen LogP contribution in [0.1, 0.15) is 53.6 Å². The van der Waals surface area contributed by atoms with E-state index < -0.39 is 6.04 Å². The number of hydrogen-bond acceptors (Lipinski definition) is 5. The average Bonchev–Trinajstić information content (AvgIpc) is 3.57. The molecule has 1 aliphatic rings. The van der Waals surface area contributed by atoms with Crippen LogP contribution in [0.4, 0.5) is 0 Å². The van der Waals surface area contributed by atoms with Gasteiger partial charge in [0.2, 0.25) is 5.91 Å². The van der Waals surface area contributed by atoms with Crippen LogP contribution in [0.3, 0.4) is 0 Å². The molecule has 0 bridgehead atoms. The molecule has 31 heavy (non-hydrogen) atoms. The monoisotopic (exact) mass is 422 g/mol. The smallest absolute Gasteiger partial charge is 0.290 e. The molecule has 0 radical (unpaired) electrons. The molecule has 0 saturated heterocycles. The Kier molecular flexibility index (Phi) is 6.40. The number of hydrogen-bond donors (Lipinski definition) is 1. The fourth-order valence-electron chi connectivity index (χ4n) is 4.00. The lowest BCUT2D eigenvalue weighted by Crippen LogP contribution is -2.45. The highest BCUT2D eigenvalue weighted by Gasteiger charge is 2.35. The van der Waals surface area contributed by atoms with Crippen molar-refractivity contribution >= 4 is 11.8 Å². The molecule has 0 spiro atoms. The summed E-state index contributed by atoms with van der Waals surface area (Å²) in [6, 6.07) is 13.2. The molecule has 0 unspecified atom stereocenters. The average molecular weight is 422 g/mol. The van der Waals surface area contributed by atoms with Crippen molar-refractivity contribution in [3.8, 4) is 5.75 Å². The fourth-order valence-corrected chi connectivity index (χ4v) is 4.00. The van der Waals surface area contributed by atoms with Crippen LogP contribution in [0.15, 0.2) is 69.9 Å². The maximum Gasteiger partial charge on any atom is 0.290 e. The van der Waals surface area contributed by atoms with Crippen molar-refractivity contribution in [2.75, 3.05) is 7.11 Å². The van der Waals surface area contributed by atoms with Gasteiger partial charge >= 0.3 is 0 Å². The van der Waals surface area contributed by atoms with Gasteiger partial charge in [0.25, 0.3) is 5.91 Å². The minimum Gasteiger partial charge on any atom is -0.497 e.